The van der Waals surface area contributed by atoms with Crippen molar-refractivity contribution in [2.75, 3.05) is 18.0 Å². The average Bonchev–Trinajstić information content (AvgIpc) is 2.70. The number of nitrogens with zero attached hydrogens (tertiary/aromatic N) is 3. The van der Waals surface area contributed by atoms with Gasteiger partial charge in [-0.05, 0) is 24.6 Å². The van der Waals surface area contributed by atoms with E-state index in [2.05, 4.69) is 4.98 Å². The van der Waals surface area contributed by atoms with Crippen LogP contribution < -0.4 is 10.6 Å². The molecule has 82 valence electrons. The van der Waals surface area contributed by atoms with E-state index in [-0.39, 0.29) is 17.5 Å². The Morgan fingerprint density at radius 1 is 1.69 bits per heavy atom. The maximum absolute atomic E-state index is 11.7. The minimum absolute atomic E-state index is 0.0138. The Kier molecular flexibility index (Phi) is 2.84. The van der Waals surface area contributed by atoms with Gasteiger partial charge in [-0.15, -0.1) is 0 Å². The van der Waals surface area contributed by atoms with Crippen molar-refractivity contribution in [1.82, 2.24) is 4.98 Å². The van der Waals surface area contributed by atoms with E-state index >= 15 is 0 Å². The van der Waals surface area contributed by atoms with Crippen molar-refractivity contribution in [3.63, 3.8) is 0 Å². The minimum Gasteiger partial charge on any atom is -0.330 e. The van der Waals surface area contributed by atoms with Gasteiger partial charge < -0.3 is 10.6 Å². The fraction of sp³-hybridized carbons (Fsp3) is 0.364. The lowest BCUT2D eigenvalue weighted by atomic mass is 10.1. The Bertz CT molecular complexity index is 452. The Balaban J connectivity index is 2.32. The van der Waals surface area contributed by atoms with Crippen LogP contribution in [0.3, 0.4) is 0 Å². The van der Waals surface area contributed by atoms with E-state index in [0.29, 0.717) is 25.2 Å². The van der Waals surface area contributed by atoms with Gasteiger partial charge >= 0.3 is 0 Å². The summed E-state index contributed by atoms with van der Waals surface area (Å²) in [6.45, 7) is 1.07. The Morgan fingerprint density at radius 2 is 2.50 bits per heavy atom. The fourth-order valence-corrected chi connectivity index (χ4v) is 1.87. The minimum atomic E-state index is 0.0138. The van der Waals surface area contributed by atoms with E-state index in [1.165, 1.54) is 0 Å². The number of pyridine rings is 1. The zero-order chi connectivity index (χ0) is 11.5. The summed E-state index contributed by atoms with van der Waals surface area (Å²) in [4.78, 5) is 17.3. The summed E-state index contributed by atoms with van der Waals surface area (Å²) in [7, 11) is 0. The normalized spacial score (nSPS) is 19.9. The summed E-state index contributed by atoms with van der Waals surface area (Å²) in [6, 6.07) is 5.45. The molecule has 1 unspecified atom stereocenters. The molecule has 1 aromatic rings. The first kappa shape index (κ1) is 10.6. The second kappa shape index (κ2) is 4.29. The Labute approximate surface area is 93.5 Å². The molecule has 1 aromatic heterocycles. The van der Waals surface area contributed by atoms with Gasteiger partial charge in [-0.25, -0.2) is 4.98 Å². The number of hydrogen-bond donors (Lipinski definition) is 1. The molecular weight excluding hydrogens is 204 g/mol. The van der Waals surface area contributed by atoms with Gasteiger partial charge in [-0.2, -0.15) is 5.26 Å². The number of amides is 1. The van der Waals surface area contributed by atoms with E-state index in [4.69, 9.17) is 11.0 Å². The van der Waals surface area contributed by atoms with Crippen LogP contribution in [0.4, 0.5) is 5.69 Å². The highest BCUT2D eigenvalue weighted by Gasteiger charge is 2.31. The van der Waals surface area contributed by atoms with Crippen LogP contribution in [-0.2, 0) is 4.79 Å². The van der Waals surface area contributed by atoms with Crippen LogP contribution in [0.1, 0.15) is 12.1 Å². The first-order valence-electron chi connectivity index (χ1n) is 5.11. The van der Waals surface area contributed by atoms with Gasteiger partial charge in [0.1, 0.15) is 6.07 Å². The molecule has 0 aromatic carbocycles. The van der Waals surface area contributed by atoms with E-state index in [9.17, 15) is 4.79 Å². The zero-order valence-electron chi connectivity index (χ0n) is 8.76. The molecule has 0 bridgehead atoms. The Hall–Kier alpha value is -1.93. The highest BCUT2D eigenvalue weighted by Crippen LogP contribution is 2.26. The molecule has 1 aliphatic rings. The van der Waals surface area contributed by atoms with Crippen molar-refractivity contribution in [3.8, 4) is 6.07 Å². The Morgan fingerprint density at radius 3 is 3.12 bits per heavy atom. The van der Waals surface area contributed by atoms with Crippen LogP contribution in [0.15, 0.2) is 18.3 Å². The lowest BCUT2D eigenvalue weighted by molar-refractivity contribution is -0.117. The van der Waals surface area contributed by atoms with Crippen LogP contribution in [0, 0.1) is 17.2 Å². The molecule has 2 N–H and O–H groups in total. The predicted octanol–water partition coefficient (Wildman–Crippen LogP) is 0.265. The molecule has 5 heteroatoms. The SMILES string of the molecule is N#Cc1ncccc1N1CC(CN)CC1=O. The lowest BCUT2D eigenvalue weighted by Gasteiger charge is -2.16. The third-order valence-corrected chi connectivity index (χ3v) is 2.72. The molecular formula is C11H12N4O. The number of anilines is 1. The maximum atomic E-state index is 11.7. The van der Waals surface area contributed by atoms with Gasteiger partial charge in [0, 0.05) is 19.2 Å². The van der Waals surface area contributed by atoms with Crippen molar-refractivity contribution < 1.29 is 4.79 Å². The van der Waals surface area contributed by atoms with Gasteiger partial charge in [0.15, 0.2) is 5.69 Å². The molecule has 1 atom stereocenters. The van der Waals surface area contributed by atoms with Crippen LogP contribution >= 0.6 is 0 Å². The summed E-state index contributed by atoms with van der Waals surface area (Å²) in [5, 5.41) is 8.91. The number of nitrogens with two attached hydrogens (primary N) is 1. The summed E-state index contributed by atoms with van der Waals surface area (Å²) in [5.74, 6) is 0.194. The van der Waals surface area contributed by atoms with Crippen LogP contribution in [0.25, 0.3) is 0 Å². The van der Waals surface area contributed by atoms with Gasteiger partial charge in [-0.1, -0.05) is 0 Å². The van der Waals surface area contributed by atoms with Crippen molar-refractivity contribution >= 4 is 11.6 Å². The highest BCUT2D eigenvalue weighted by atomic mass is 16.2. The molecule has 16 heavy (non-hydrogen) atoms. The molecule has 2 heterocycles. The zero-order valence-corrected chi connectivity index (χ0v) is 8.76. The molecule has 0 spiro atoms. The maximum Gasteiger partial charge on any atom is 0.227 e. The summed E-state index contributed by atoms with van der Waals surface area (Å²) < 4.78 is 0. The molecule has 2 rings (SSSR count). The van der Waals surface area contributed by atoms with Gasteiger partial charge in [0.05, 0.1) is 5.69 Å². The quantitative estimate of drug-likeness (QED) is 0.768. The molecule has 1 saturated heterocycles. The first-order valence-corrected chi connectivity index (χ1v) is 5.11. The van der Waals surface area contributed by atoms with Gasteiger partial charge in [0.25, 0.3) is 0 Å². The van der Waals surface area contributed by atoms with Crippen molar-refractivity contribution in [3.05, 3.63) is 24.0 Å². The number of hydrogen-bond acceptors (Lipinski definition) is 4. The largest absolute Gasteiger partial charge is 0.330 e. The van der Waals surface area contributed by atoms with Crippen molar-refractivity contribution in [1.29, 1.82) is 5.26 Å². The molecule has 0 saturated carbocycles. The summed E-state index contributed by atoms with van der Waals surface area (Å²) in [6.07, 6.45) is 2.00. The average molecular weight is 216 g/mol. The third-order valence-electron chi connectivity index (χ3n) is 2.72. The molecule has 5 nitrogen and oxygen atoms in total. The van der Waals surface area contributed by atoms with Crippen LogP contribution in [0.2, 0.25) is 0 Å². The van der Waals surface area contributed by atoms with Gasteiger partial charge in [0.2, 0.25) is 5.91 Å². The van der Waals surface area contributed by atoms with E-state index < -0.39 is 0 Å². The smallest absolute Gasteiger partial charge is 0.227 e. The van der Waals surface area contributed by atoms with E-state index in [1.807, 2.05) is 6.07 Å². The second-order valence-corrected chi connectivity index (χ2v) is 3.79. The lowest BCUT2D eigenvalue weighted by Crippen LogP contribution is -2.26. The topological polar surface area (TPSA) is 83.0 Å². The second-order valence-electron chi connectivity index (χ2n) is 3.79. The molecule has 0 radical (unpaired) electrons. The number of carbonyl (C=O) groups is 1. The number of rotatable bonds is 2. The number of nitriles is 1. The standard InChI is InChI=1S/C11H12N4O/c12-5-8-4-11(16)15(7-8)10-2-1-3-14-9(10)6-13/h1-3,8H,4-5,7,12H2. The number of aromatic nitrogens is 1. The third kappa shape index (κ3) is 1.75. The van der Waals surface area contributed by atoms with E-state index in [1.54, 1.807) is 23.2 Å². The predicted molar refractivity (Wildman–Crippen MR) is 58.5 cm³/mol. The van der Waals surface area contributed by atoms with E-state index in [0.717, 1.165) is 0 Å². The van der Waals surface area contributed by atoms with Gasteiger partial charge in [-0.3, -0.25) is 4.79 Å². The molecule has 1 fully saturated rings. The molecule has 1 aliphatic heterocycles. The molecule has 1 amide bonds. The van der Waals surface area contributed by atoms with Crippen LogP contribution in [0.5, 0.6) is 0 Å². The highest BCUT2D eigenvalue weighted by molar-refractivity contribution is 5.96. The molecule has 0 aliphatic carbocycles. The first-order chi connectivity index (χ1) is 7.76. The summed E-state index contributed by atoms with van der Waals surface area (Å²) in [5.41, 5.74) is 6.42. The summed E-state index contributed by atoms with van der Waals surface area (Å²) >= 11 is 0. The fourth-order valence-electron chi connectivity index (χ4n) is 1.87. The number of carbonyl (C=O) groups excluding carboxylic acids is 1. The van der Waals surface area contributed by atoms with Crippen molar-refractivity contribution in [2.45, 2.75) is 6.42 Å². The van der Waals surface area contributed by atoms with Crippen LogP contribution in [-0.4, -0.2) is 24.0 Å². The van der Waals surface area contributed by atoms with Crippen molar-refractivity contribution in [2.24, 2.45) is 11.7 Å². The monoisotopic (exact) mass is 216 g/mol.